The molecule has 0 spiro atoms. The van der Waals surface area contributed by atoms with Crippen LogP contribution in [0, 0.1) is 0 Å². The van der Waals surface area contributed by atoms with E-state index < -0.39 is 0 Å². The molecule has 2 heterocycles. The zero-order valence-electron chi connectivity index (χ0n) is 19.5. The van der Waals surface area contributed by atoms with E-state index in [4.69, 9.17) is 22.1 Å². The summed E-state index contributed by atoms with van der Waals surface area (Å²) in [5, 5.41) is 4.16. The van der Waals surface area contributed by atoms with E-state index >= 15 is 0 Å². The van der Waals surface area contributed by atoms with Gasteiger partial charge >= 0.3 is 0 Å². The van der Waals surface area contributed by atoms with Gasteiger partial charge < -0.3 is 20.7 Å². The second-order valence-corrected chi connectivity index (χ2v) is 9.35. The summed E-state index contributed by atoms with van der Waals surface area (Å²) in [6, 6.07) is 23.4. The second-order valence-electron chi connectivity index (χ2n) is 8.92. The Kier molecular flexibility index (Phi) is 6.77. The summed E-state index contributed by atoms with van der Waals surface area (Å²) < 4.78 is 5.46. The largest absolute Gasteiger partial charge is 0.497 e. The van der Waals surface area contributed by atoms with Crippen LogP contribution >= 0.6 is 11.6 Å². The van der Waals surface area contributed by atoms with Gasteiger partial charge in [0.15, 0.2) is 0 Å². The lowest BCUT2D eigenvalue weighted by Crippen LogP contribution is -2.42. The van der Waals surface area contributed by atoms with Crippen molar-refractivity contribution in [2.24, 2.45) is 5.73 Å². The number of ether oxygens (including phenoxy) is 1. The number of methoxy groups -OCH3 is 1. The summed E-state index contributed by atoms with van der Waals surface area (Å²) >= 11 is 6.23. The van der Waals surface area contributed by atoms with E-state index in [1.807, 2.05) is 24.3 Å². The van der Waals surface area contributed by atoms with Gasteiger partial charge in [0.25, 0.3) is 0 Å². The molecule has 5 rings (SSSR count). The molecule has 1 atom stereocenters. The van der Waals surface area contributed by atoms with Gasteiger partial charge in [-0.05, 0) is 53.1 Å². The number of hydrogen-bond donors (Lipinski definition) is 2. The molecule has 6 heteroatoms. The highest BCUT2D eigenvalue weighted by atomic mass is 35.5. The Hall–Kier alpha value is -2.99. The number of benzene rings is 3. The van der Waals surface area contributed by atoms with Crippen molar-refractivity contribution in [3.63, 3.8) is 0 Å². The molecular weight excluding hydrogens is 444 g/mol. The summed E-state index contributed by atoms with van der Waals surface area (Å²) in [5.74, 6) is 0.803. The lowest BCUT2D eigenvalue weighted by atomic mass is 9.93. The average Bonchev–Trinajstić information content (AvgIpc) is 2.88. The minimum absolute atomic E-state index is 0.0296. The van der Waals surface area contributed by atoms with Crippen molar-refractivity contribution in [2.75, 3.05) is 44.7 Å². The third kappa shape index (κ3) is 4.78. The number of rotatable bonds is 6. The maximum absolute atomic E-state index is 6.39. The molecule has 1 fully saturated rings. The van der Waals surface area contributed by atoms with Crippen molar-refractivity contribution in [3.8, 4) is 5.75 Å². The zero-order valence-corrected chi connectivity index (χ0v) is 20.3. The predicted molar refractivity (Wildman–Crippen MR) is 140 cm³/mol. The molecule has 3 aromatic rings. The molecule has 3 aromatic carbocycles. The van der Waals surface area contributed by atoms with Gasteiger partial charge in [-0.2, -0.15) is 0 Å². The maximum Gasteiger partial charge on any atom is 0.119 e. The van der Waals surface area contributed by atoms with Gasteiger partial charge in [-0.25, -0.2) is 0 Å². The lowest BCUT2D eigenvalue weighted by Gasteiger charge is -2.38. The van der Waals surface area contributed by atoms with Crippen LogP contribution in [0.25, 0.3) is 5.70 Å². The molecule has 1 unspecified atom stereocenters. The smallest absolute Gasteiger partial charge is 0.119 e. The first-order valence-electron chi connectivity index (χ1n) is 11.8. The van der Waals surface area contributed by atoms with Crippen LogP contribution in [-0.4, -0.2) is 44.7 Å². The van der Waals surface area contributed by atoms with E-state index in [-0.39, 0.29) is 6.04 Å². The van der Waals surface area contributed by atoms with E-state index in [0.717, 1.165) is 67.0 Å². The standard InChI is InChI=1S/C28H31ClN4O/c1-34-24-10-11-27-25(18-24)26(30)12-15-33(27)28(22-6-8-23(29)9-7-22)21-4-2-20(3-5-21)19-32-16-13-31-14-17-32/h2-12,18,28,31H,13-17,19,30H2,1H3. The Balaban J connectivity index is 1.50. The van der Waals surface area contributed by atoms with E-state index in [9.17, 15) is 0 Å². The van der Waals surface area contributed by atoms with E-state index in [1.54, 1.807) is 7.11 Å². The van der Waals surface area contributed by atoms with Crippen LogP contribution < -0.4 is 20.7 Å². The molecule has 3 N–H and O–H groups in total. The van der Waals surface area contributed by atoms with Crippen molar-refractivity contribution in [2.45, 2.75) is 12.6 Å². The minimum atomic E-state index is 0.0296. The summed E-state index contributed by atoms with van der Waals surface area (Å²) in [4.78, 5) is 4.91. The Morgan fingerprint density at radius 2 is 1.65 bits per heavy atom. The average molecular weight is 475 g/mol. The normalized spacial score (nSPS) is 17.1. The van der Waals surface area contributed by atoms with Gasteiger partial charge in [-0.3, -0.25) is 4.90 Å². The van der Waals surface area contributed by atoms with Crippen LogP contribution in [0.1, 0.15) is 28.3 Å². The first-order chi connectivity index (χ1) is 16.6. The van der Waals surface area contributed by atoms with Crippen molar-refractivity contribution in [1.82, 2.24) is 10.2 Å². The van der Waals surface area contributed by atoms with Crippen molar-refractivity contribution < 1.29 is 4.74 Å². The van der Waals surface area contributed by atoms with Gasteiger partial charge in [0.05, 0.1) is 13.2 Å². The number of piperazine rings is 1. The summed E-state index contributed by atoms with van der Waals surface area (Å²) in [6.07, 6.45) is 2.09. The molecule has 0 bridgehead atoms. The second kappa shape index (κ2) is 10.1. The van der Waals surface area contributed by atoms with Crippen molar-refractivity contribution in [1.29, 1.82) is 0 Å². The third-order valence-electron chi connectivity index (χ3n) is 6.74. The van der Waals surface area contributed by atoms with E-state index in [0.29, 0.717) is 0 Å². The summed E-state index contributed by atoms with van der Waals surface area (Å²) in [7, 11) is 1.68. The number of fused-ring (bicyclic) bond motifs is 1. The Morgan fingerprint density at radius 1 is 0.971 bits per heavy atom. The molecule has 0 amide bonds. The van der Waals surface area contributed by atoms with Gasteiger partial charge in [0.1, 0.15) is 5.75 Å². The van der Waals surface area contributed by atoms with Crippen LogP contribution in [-0.2, 0) is 6.54 Å². The summed E-state index contributed by atoms with van der Waals surface area (Å²) in [6.45, 7) is 6.02. The lowest BCUT2D eigenvalue weighted by molar-refractivity contribution is 0.233. The molecule has 176 valence electrons. The van der Waals surface area contributed by atoms with Gasteiger partial charge in [0, 0.05) is 61.2 Å². The molecule has 0 aromatic heterocycles. The minimum Gasteiger partial charge on any atom is -0.497 e. The Bertz CT molecular complexity index is 1150. The monoisotopic (exact) mass is 474 g/mol. The van der Waals surface area contributed by atoms with E-state index in [1.165, 1.54) is 16.7 Å². The number of anilines is 1. The predicted octanol–water partition coefficient (Wildman–Crippen LogP) is 4.66. The number of nitrogens with one attached hydrogen (secondary N) is 1. The van der Waals surface area contributed by atoms with Crippen LogP contribution in [0.2, 0.25) is 5.02 Å². The Morgan fingerprint density at radius 3 is 2.32 bits per heavy atom. The summed E-state index contributed by atoms with van der Waals surface area (Å²) in [5.41, 5.74) is 13.0. The van der Waals surface area contributed by atoms with Gasteiger partial charge in [-0.15, -0.1) is 0 Å². The van der Waals surface area contributed by atoms with Gasteiger partial charge in [0.2, 0.25) is 0 Å². The zero-order chi connectivity index (χ0) is 23.5. The first kappa shape index (κ1) is 22.8. The van der Waals surface area contributed by atoms with E-state index in [2.05, 4.69) is 63.7 Å². The number of nitrogens with zero attached hydrogens (tertiary/aromatic N) is 2. The maximum atomic E-state index is 6.39. The molecule has 34 heavy (non-hydrogen) atoms. The molecule has 2 aliphatic heterocycles. The van der Waals surface area contributed by atoms with Crippen LogP contribution in [0.3, 0.4) is 0 Å². The SMILES string of the molecule is COc1ccc2c(c1)C(N)=CCN2C(c1ccc(Cl)cc1)c1ccc(CN2CCNCC2)cc1. The highest BCUT2D eigenvalue weighted by molar-refractivity contribution is 6.30. The fraction of sp³-hybridized carbons (Fsp3) is 0.286. The molecule has 2 aliphatic rings. The third-order valence-corrected chi connectivity index (χ3v) is 6.99. The number of halogens is 1. The molecule has 0 radical (unpaired) electrons. The van der Waals surface area contributed by atoms with Crippen molar-refractivity contribution in [3.05, 3.63) is 100 Å². The van der Waals surface area contributed by atoms with Gasteiger partial charge in [-0.1, -0.05) is 48.0 Å². The quantitative estimate of drug-likeness (QED) is 0.544. The molecule has 0 aliphatic carbocycles. The van der Waals surface area contributed by atoms with Crippen LogP contribution in [0.15, 0.2) is 72.8 Å². The topological polar surface area (TPSA) is 53.8 Å². The van der Waals surface area contributed by atoms with Crippen LogP contribution in [0.5, 0.6) is 5.75 Å². The molecule has 0 saturated carbocycles. The fourth-order valence-corrected chi connectivity index (χ4v) is 5.03. The highest BCUT2D eigenvalue weighted by Gasteiger charge is 2.27. The molecular formula is C28H31ClN4O. The highest BCUT2D eigenvalue weighted by Crippen LogP contribution is 2.40. The molecule has 1 saturated heterocycles. The molecule has 5 nitrogen and oxygen atoms in total. The fourth-order valence-electron chi connectivity index (χ4n) is 4.90. The first-order valence-corrected chi connectivity index (χ1v) is 12.2. The Labute approximate surface area is 206 Å². The number of hydrogen-bond acceptors (Lipinski definition) is 5. The number of nitrogens with two attached hydrogens (primary N) is 1. The van der Waals surface area contributed by atoms with Crippen LogP contribution in [0.4, 0.5) is 5.69 Å². The van der Waals surface area contributed by atoms with Crippen molar-refractivity contribution >= 4 is 23.0 Å².